The molecule has 0 saturated carbocycles. The van der Waals surface area contributed by atoms with Crippen LogP contribution in [0.5, 0.6) is 0 Å². The molecular formula is C21H42O. The van der Waals surface area contributed by atoms with E-state index in [4.69, 9.17) is 4.74 Å². The fourth-order valence-corrected chi connectivity index (χ4v) is 4.06. The molecule has 0 spiro atoms. The summed E-state index contributed by atoms with van der Waals surface area (Å²) in [6.07, 6.45) is 4.99. The second-order valence-corrected chi connectivity index (χ2v) is 9.22. The van der Waals surface area contributed by atoms with Crippen LogP contribution in [0.2, 0.25) is 0 Å². The van der Waals surface area contributed by atoms with Gasteiger partial charge in [0.25, 0.3) is 0 Å². The highest BCUT2D eigenvalue weighted by Gasteiger charge is 2.39. The van der Waals surface area contributed by atoms with Gasteiger partial charge in [0, 0.05) is 6.61 Å². The predicted octanol–water partition coefficient (Wildman–Crippen LogP) is 6.56. The summed E-state index contributed by atoms with van der Waals surface area (Å²) >= 11 is 0. The van der Waals surface area contributed by atoms with Gasteiger partial charge >= 0.3 is 0 Å². The zero-order valence-corrected chi connectivity index (χ0v) is 16.8. The molecule has 0 radical (unpaired) electrons. The Morgan fingerprint density at radius 3 is 2.32 bits per heavy atom. The minimum Gasteiger partial charge on any atom is -0.375 e. The fourth-order valence-electron chi connectivity index (χ4n) is 4.06. The number of ether oxygens (including phenoxy) is 1. The molecule has 6 atom stereocenters. The third-order valence-electron chi connectivity index (χ3n) is 7.75. The molecule has 1 saturated heterocycles. The molecule has 0 amide bonds. The average molecular weight is 311 g/mol. The number of hydrogen-bond donors (Lipinski definition) is 0. The van der Waals surface area contributed by atoms with Crippen LogP contribution < -0.4 is 0 Å². The SMILES string of the molecule is CCC(C)(C)C(C)C(C)C(C)CCC1(C)OCCC(C)C1C. The van der Waals surface area contributed by atoms with Crippen molar-refractivity contribution in [1.29, 1.82) is 0 Å². The lowest BCUT2D eigenvalue weighted by Gasteiger charge is -2.45. The molecule has 0 aromatic rings. The van der Waals surface area contributed by atoms with Crippen LogP contribution in [0.4, 0.5) is 0 Å². The van der Waals surface area contributed by atoms with Gasteiger partial charge in [0.15, 0.2) is 0 Å². The molecule has 1 aliphatic rings. The highest BCUT2D eigenvalue weighted by molar-refractivity contribution is 4.89. The molecule has 6 unspecified atom stereocenters. The summed E-state index contributed by atoms with van der Waals surface area (Å²) in [6, 6.07) is 0. The van der Waals surface area contributed by atoms with E-state index in [1.165, 1.54) is 25.7 Å². The molecule has 1 nitrogen and oxygen atoms in total. The third-order valence-corrected chi connectivity index (χ3v) is 7.75. The van der Waals surface area contributed by atoms with Crippen LogP contribution in [-0.4, -0.2) is 12.2 Å². The van der Waals surface area contributed by atoms with Crippen molar-refractivity contribution in [3.63, 3.8) is 0 Å². The Hall–Kier alpha value is -0.0400. The minimum atomic E-state index is 0.0924. The lowest BCUT2D eigenvalue weighted by Crippen LogP contribution is -2.44. The maximum absolute atomic E-state index is 6.23. The van der Waals surface area contributed by atoms with Gasteiger partial charge in [-0.15, -0.1) is 0 Å². The fraction of sp³-hybridized carbons (Fsp3) is 1.00. The second-order valence-electron chi connectivity index (χ2n) is 9.22. The lowest BCUT2D eigenvalue weighted by molar-refractivity contribution is -0.129. The number of hydrogen-bond acceptors (Lipinski definition) is 1. The van der Waals surface area contributed by atoms with Crippen molar-refractivity contribution < 1.29 is 4.74 Å². The first-order valence-electron chi connectivity index (χ1n) is 9.69. The summed E-state index contributed by atoms with van der Waals surface area (Å²) in [5.74, 6) is 3.78. The molecule has 0 aliphatic carbocycles. The van der Waals surface area contributed by atoms with Crippen molar-refractivity contribution in [3.05, 3.63) is 0 Å². The molecule has 0 bridgehead atoms. The first-order valence-corrected chi connectivity index (χ1v) is 9.69. The average Bonchev–Trinajstić information content (AvgIpc) is 2.48. The molecule has 0 aromatic heterocycles. The van der Waals surface area contributed by atoms with Crippen LogP contribution in [-0.2, 0) is 4.74 Å². The summed E-state index contributed by atoms with van der Waals surface area (Å²) in [5.41, 5.74) is 0.538. The topological polar surface area (TPSA) is 9.23 Å². The van der Waals surface area contributed by atoms with Crippen molar-refractivity contribution in [2.75, 3.05) is 6.61 Å². The molecular weight excluding hydrogens is 268 g/mol. The van der Waals surface area contributed by atoms with E-state index < -0.39 is 0 Å². The predicted molar refractivity (Wildman–Crippen MR) is 98.1 cm³/mol. The second kappa shape index (κ2) is 7.69. The van der Waals surface area contributed by atoms with E-state index in [9.17, 15) is 0 Å². The molecule has 1 aliphatic heterocycles. The van der Waals surface area contributed by atoms with Crippen molar-refractivity contribution in [2.24, 2.45) is 35.0 Å². The van der Waals surface area contributed by atoms with Gasteiger partial charge in [-0.1, -0.05) is 61.8 Å². The normalized spacial score (nSPS) is 34.2. The summed E-state index contributed by atoms with van der Waals surface area (Å²) in [5, 5.41) is 0. The van der Waals surface area contributed by atoms with Crippen molar-refractivity contribution in [2.45, 2.75) is 93.6 Å². The van der Waals surface area contributed by atoms with Gasteiger partial charge in [-0.3, -0.25) is 0 Å². The van der Waals surface area contributed by atoms with E-state index in [1.807, 2.05) is 0 Å². The Bertz CT molecular complexity index is 335. The van der Waals surface area contributed by atoms with Gasteiger partial charge in [0.2, 0.25) is 0 Å². The monoisotopic (exact) mass is 310 g/mol. The first-order chi connectivity index (χ1) is 10.0. The van der Waals surface area contributed by atoms with Gasteiger partial charge in [-0.25, -0.2) is 0 Å². The molecule has 1 fully saturated rings. The van der Waals surface area contributed by atoms with E-state index >= 15 is 0 Å². The quantitative estimate of drug-likeness (QED) is 0.517. The highest BCUT2D eigenvalue weighted by Crippen LogP contribution is 2.42. The van der Waals surface area contributed by atoms with Crippen LogP contribution in [0.3, 0.4) is 0 Å². The highest BCUT2D eigenvalue weighted by atomic mass is 16.5. The van der Waals surface area contributed by atoms with Gasteiger partial charge in [0.05, 0.1) is 5.60 Å². The van der Waals surface area contributed by atoms with Crippen LogP contribution in [0.1, 0.15) is 88.0 Å². The Kier molecular flexibility index (Phi) is 6.99. The number of rotatable bonds is 7. The molecule has 1 heteroatoms. The van der Waals surface area contributed by atoms with Crippen LogP contribution in [0.15, 0.2) is 0 Å². The molecule has 1 heterocycles. The Balaban J connectivity index is 2.59. The smallest absolute Gasteiger partial charge is 0.0682 e. The van der Waals surface area contributed by atoms with Gasteiger partial charge < -0.3 is 4.74 Å². The zero-order chi connectivity index (χ0) is 17.1. The summed E-state index contributed by atoms with van der Waals surface area (Å²) in [7, 11) is 0. The molecule has 132 valence electrons. The summed E-state index contributed by atoms with van der Waals surface area (Å²) in [4.78, 5) is 0. The van der Waals surface area contributed by atoms with Crippen LogP contribution >= 0.6 is 0 Å². The molecule has 0 N–H and O–H groups in total. The zero-order valence-electron chi connectivity index (χ0n) is 16.8. The Morgan fingerprint density at radius 1 is 1.18 bits per heavy atom. The standard InChI is InChI=1S/C21H42O/c1-10-20(7,8)19(6)17(4)15(2)11-13-21(9)18(5)16(3)12-14-22-21/h15-19H,10-14H2,1-9H3. The van der Waals surface area contributed by atoms with Gasteiger partial charge in [0.1, 0.15) is 0 Å². The maximum atomic E-state index is 6.23. The maximum Gasteiger partial charge on any atom is 0.0682 e. The van der Waals surface area contributed by atoms with Crippen LogP contribution in [0, 0.1) is 35.0 Å². The van der Waals surface area contributed by atoms with E-state index in [-0.39, 0.29) is 5.60 Å². The Morgan fingerprint density at radius 2 is 1.77 bits per heavy atom. The van der Waals surface area contributed by atoms with Crippen molar-refractivity contribution in [3.8, 4) is 0 Å². The summed E-state index contributed by atoms with van der Waals surface area (Å²) in [6.45, 7) is 22.6. The van der Waals surface area contributed by atoms with Crippen molar-refractivity contribution >= 4 is 0 Å². The first kappa shape index (κ1) is 20.0. The molecule has 0 aromatic carbocycles. The molecule has 22 heavy (non-hydrogen) atoms. The molecule has 1 rings (SSSR count). The summed E-state index contributed by atoms with van der Waals surface area (Å²) < 4.78 is 6.23. The van der Waals surface area contributed by atoms with E-state index in [0.717, 1.165) is 30.3 Å². The van der Waals surface area contributed by atoms with Crippen LogP contribution in [0.25, 0.3) is 0 Å². The largest absolute Gasteiger partial charge is 0.375 e. The third kappa shape index (κ3) is 4.49. The van der Waals surface area contributed by atoms with E-state index in [2.05, 4.69) is 62.3 Å². The van der Waals surface area contributed by atoms with Crippen molar-refractivity contribution in [1.82, 2.24) is 0 Å². The van der Waals surface area contributed by atoms with E-state index in [0.29, 0.717) is 11.3 Å². The van der Waals surface area contributed by atoms with E-state index in [1.54, 1.807) is 0 Å². The van der Waals surface area contributed by atoms with Gasteiger partial charge in [-0.05, 0) is 61.2 Å². The van der Waals surface area contributed by atoms with Gasteiger partial charge in [-0.2, -0.15) is 0 Å². The minimum absolute atomic E-state index is 0.0924. The Labute approximate surface area is 140 Å². The lowest BCUT2D eigenvalue weighted by atomic mass is 9.67.